The predicted molar refractivity (Wildman–Crippen MR) is 99.8 cm³/mol. The largest absolute Gasteiger partial charge is 0.493 e. The Balaban J connectivity index is 2.24. The van der Waals surface area contributed by atoms with E-state index < -0.39 is 49.3 Å². The first-order valence-electron chi connectivity index (χ1n) is 13.2. The highest BCUT2D eigenvalue weighted by Crippen LogP contribution is 2.28. The normalized spacial score (nSPS) is 19.3. The van der Waals surface area contributed by atoms with E-state index >= 15 is 0 Å². The summed E-state index contributed by atoms with van der Waals surface area (Å²) in [5.41, 5.74) is 0.0780. The summed E-state index contributed by atoms with van der Waals surface area (Å²) in [5.74, 6) is -0.792. The summed E-state index contributed by atoms with van der Waals surface area (Å²) < 4.78 is 104. The van der Waals surface area contributed by atoms with E-state index in [0.717, 1.165) is 0 Å². The third kappa shape index (κ3) is 6.31. The molecule has 2 aromatic rings. The topological polar surface area (TPSA) is 47.9 Å². The van der Waals surface area contributed by atoms with Gasteiger partial charge in [-0.05, 0) is 61.4 Å². The van der Waals surface area contributed by atoms with Crippen LogP contribution in [0.4, 0.5) is 0 Å². The lowest BCUT2D eigenvalue weighted by Gasteiger charge is -2.13. The van der Waals surface area contributed by atoms with Crippen LogP contribution < -0.4 is 14.2 Å². The van der Waals surface area contributed by atoms with Crippen molar-refractivity contribution in [1.82, 2.24) is 0 Å². The molecule has 2 rings (SSSR count). The first-order valence-corrected chi connectivity index (χ1v) is 7.68. The molecule has 0 aromatic heterocycles. The van der Waals surface area contributed by atoms with Gasteiger partial charge in [-0.15, -0.1) is 0 Å². The Bertz CT molecular complexity index is 1110. The summed E-state index contributed by atoms with van der Waals surface area (Å²) in [7, 11) is 2.56. The first kappa shape index (κ1) is 8.95. The fourth-order valence-electron chi connectivity index (χ4n) is 1.95. The van der Waals surface area contributed by atoms with E-state index in [0.29, 0.717) is 0 Å². The second-order valence-electron chi connectivity index (χ2n) is 5.05. The van der Waals surface area contributed by atoms with Crippen LogP contribution in [0.25, 0.3) is 0 Å². The van der Waals surface area contributed by atoms with E-state index in [1.165, 1.54) is 21.1 Å². The Labute approximate surface area is 165 Å². The number of hydrogen-bond donors (Lipinski definition) is 1. The van der Waals surface area contributed by atoms with E-state index in [9.17, 15) is 5.11 Å². The van der Waals surface area contributed by atoms with Crippen LogP contribution in [0.15, 0.2) is 42.3 Å². The molecule has 0 aliphatic rings. The second kappa shape index (κ2) is 9.94. The monoisotopic (exact) mass is 355 g/mol. The molecule has 0 aliphatic heterocycles. The minimum absolute atomic E-state index is 0.0274. The number of ether oxygens (including phenoxy) is 3. The summed E-state index contributed by atoms with van der Waals surface area (Å²) in [6, 6.07) is -2.99. The van der Waals surface area contributed by atoms with Gasteiger partial charge in [0.1, 0.15) is 12.3 Å². The standard InChI is InChI=1S/C21H28O4/c1-16-7-6-10-19(13-16)25-15-18(22)9-5-4-8-17-11-12-20(23-2)21(14-17)24-3/h6-7,10-14,18,22H,4-5,8-9,15H2,1-3H3/i6D,7D,9D2,10D,11D,12D,13D,14D,15D2. The molecular formula is C21H28O4. The Kier molecular flexibility index (Phi) is 3.56. The Morgan fingerprint density at radius 1 is 1.08 bits per heavy atom. The molecule has 1 N–H and O–H groups in total. The van der Waals surface area contributed by atoms with Gasteiger partial charge in [-0.25, -0.2) is 0 Å². The van der Waals surface area contributed by atoms with Crippen LogP contribution in [0.3, 0.4) is 0 Å². The summed E-state index contributed by atoms with van der Waals surface area (Å²) in [6.45, 7) is -1.77. The maximum absolute atomic E-state index is 10.5. The first-order chi connectivity index (χ1) is 16.5. The number of benzene rings is 2. The lowest BCUT2D eigenvalue weighted by Crippen LogP contribution is -2.17. The highest BCUT2D eigenvalue weighted by Gasteiger charge is 2.07. The molecule has 25 heavy (non-hydrogen) atoms. The highest BCUT2D eigenvalue weighted by molar-refractivity contribution is 5.42. The number of aliphatic hydroxyl groups excluding tert-OH is 1. The molecule has 4 heteroatoms. The van der Waals surface area contributed by atoms with Crippen molar-refractivity contribution >= 4 is 0 Å². The van der Waals surface area contributed by atoms with Crippen molar-refractivity contribution in [2.45, 2.75) is 38.7 Å². The fraction of sp³-hybridized carbons (Fsp3) is 0.429. The molecule has 0 radical (unpaired) electrons. The zero-order valence-corrected chi connectivity index (χ0v) is 14.4. The van der Waals surface area contributed by atoms with Crippen molar-refractivity contribution in [1.29, 1.82) is 0 Å². The summed E-state index contributed by atoms with van der Waals surface area (Å²) in [6.07, 6.45) is -5.46. The molecule has 0 bridgehead atoms. The lowest BCUT2D eigenvalue weighted by molar-refractivity contribution is 0.0976. The average molecular weight is 356 g/mol. The fourth-order valence-corrected chi connectivity index (χ4v) is 1.95. The molecule has 0 aliphatic carbocycles. The van der Waals surface area contributed by atoms with Gasteiger partial charge in [0.2, 0.25) is 0 Å². The molecule has 0 amide bonds. The number of aliphatic hydroxyl groups is 1. The Morgan fingerprint density at radius 2 is 1.88 bits per heavy atom. The highest BCUT2D eigenvalue weighted by atomic mass is 16.5. The van der Waals surface area contributed by atoms with Crippen molar-refractivity contribution in [2.24, 2.45) is 0 Å². The molecule has 2 aromatic carbocycles. The maximum atomic E-state index is 10.5. The van der Waals surface area contributed by atoms with Crippen LogP contribution in [0.1, 0.15) is 45.4 Å². The van der Waals surface area contributed by atoms with E-state index in [4.69, 9.17) is 29.3 Å². The third-order valence-corrected chi connectivity index (χ3v) is 3.15. The SMILES string of the molecule is [2H]c1c([2H])c(C)c([2H])c(OC([2H])([2H])C(O)C([2H])([2H])CCCc2c([2H])c([2H])c(OC)c(OC)c2[2H])c1[2H]. The molecule has 136 valence electrons. The second-order valence-corrected chi connectivity index (χ2v) is 5.05. The van der Waals surface area contributed by atoms with Crippen molar-refractivity contribution < 1.29 is 34.4 Å². The molecule has 0 saturated carbocycles. The van der Waals surface area contributed by atoms with Gasteiger partial charge >= 0.3 is 0 Å². The molecule has 1 atom stereocenters. The zero-order chi connectivity index (χ0) is 27.7. The van der Waals surface area contributed by atoms with Crippen LogP contribution in [-0.2, 0) is 6.42 Å². The van der Waals surface area contributed by atoms with Crippen LogP contribution in [0.2, 0.25) is 0 Å². The lowest BCUT2D eigenvalue weighted by atomic mass is 10.0. The van der Waals surface area contributed by atoms with Gasteiger partial charge in [0.25, 0.3) is 0 Å². The van der Waals surface area contributed by atoms with Crippen molar-refractivity contribution in [3.63, 3.8) is 0 Å². The van der Waals surface area contributed by atoms with E-state index in [1.807, 2.05) is 0 Å². The molecule has 4 nitrogen and oxygen atoms in total. The molecule has 0 fully saturated rings. The van der Waals surface area contributed by atoms with Gasteiger partial charge in [-0.1, -0.05) is 24.5 Å². The molecule has 0 spiro atoms. The zero-order valence-electron chi connectivity index (χ0n) is 25.4. The van der Waals surface area contributed by atoms with Gasteiger partial charge in [-0.2, -0.15) is 0 Å². The average Bonchev–Trinajstić information content (AvgIpc) is 2.82. The van der Waals surface area contributed by atoms with Gasteiger partial charge in [0.15, 0.2) is 11.5 Å². The molecular weight excluding hydrogens is 316 g/mol. The number of methoxy groups -OCH3 is 2. The number of hydrogen-bond acceptors (Lipinski definition) is 4. The van der Waals surface area contributed by atoms with Crippen LogP contribution in [0.5, 0.6) is 17.2 Å². The predicted octanol–water partition coefficient (Wildman–Crippen LogP) is 4.16. The van der Waals surface area contributed by atoms with E-state index in [1.54, 1.807) is 0 Å². The molecule has 1 unspecified atom stereocenters. The Morgan fingerprint density at radius 3 is 2.64 bits per heavy atom. The van der Waals surface area contributed by atoms with Gasteiger partial charge in [0.05, 0.1) is 32.7 Å². The number of rotatable bonds is 10. The summed E-state index contributed by atoms with van der Waals surface area (Å²) >= 11 is 0. The maximum Gasteiger partial charge on any atom is 0.160 e. The quantitative estimate of drug-likeness (QED) is 0.695. The van der Waals surface area contributed by atoms with Gasteiger partial charge < -0.3 is 19.3 Å². The molecule has 0 saturated heterocycles. The minimum atomic E-state index is -3.10. The van der Waals surface area contributed by atoms with Crippen molar-refractivity contribution in [3.8, 4) is 17.2 Å². The smallest absolute Gasteiger partial charge is 0.160 e. The van der Waals surface area contributed by atoms with Crippen LogP contribution >= 0.6 is 0 Å². The van der Waals surface area contributed by atoms with Crippen LogP contribution in [-0.4, -0.2) is 32.0 Å². The van der Waals surface area contributed by atoms with E-state index in [-0.39, 0.29) is 59.6 Å². The summed E-state index contributed by atoms with van der Waals surface area (Å²) in [5, 5.41) is 10.5. The van der Waals surface area contributed by atoms with Crippen LogP contribution in [0, 0.1) is 6.92 Å². The van der Waals surface area contributed by atoms with Crippen molar-refractivity contribution in [3.05, 3.63) is 53.4 Å². The Hall–Kier alpha value is -2.20. The minimum Gasteiger partial charge on any atom is -0.493 e. The van der Waals surface area contributed by atoms with Gasteiger partial charge in [0, 0.05) is 2.74 Å². The van der Waals surface area contributed by atoms with Crippen molar-refractivity contribution in [2.75, 3.05) is 20.8 Å². The van der Waals surface area contributed by atoms with Gasteiger partial charge in [-0.3, -0.25) is 0 Å². The van der Waals surface area contributed by atoms with E-state index in [2.05, 4.69) is 0 Å². The molecule has 0 heterocycles. The third-order valence-electron chi connectivity index (χ3n) is 3.15. The summed E-state index contributed by atoms with van der Waals surface area (Å²) in [4.78, 5) is 0.